The standard InChI is InChI=1S/C31H33N3O4S/c1-36-17-15-32-31(35)27-21-39-30(33-27)20-34(19-23-12-13-28-29(18-23)38-22-37-28)16-14-26(24-8-4-2-5-9-24)25-10-6-3-7-11-25/h2-13,18,21,26H,14-17,19-20,22H2,1H3,(H,32,35). The summed E-state index contributed by atoms with van der Waals surface area (Å²) in [5.74, 6) is 1.65. The number of benzene rings is 3. The number of nitrogens with one attached hydrogen (secondary N) is 1. The van der Waals surface area contributed by atoms with Crippen molar-refractivity contribution in [2.45, 2.75) is 25.4 Å². The van der Waals surface area contributed by atoms with Gasteiger partial charge in [0.1, 0.15) is 10.7 Å². The summed E-state index contributed by atoms with van der Waals surface area (Å²) in [6, 6.07) is 27.4. The molecule has 1 N–H and O–H groups in total. The molecule has 3 aromatic carbocycles. The van der Waals surface area contributed by atoms with Crippen LogP contribution in [-0.4, -0.2) is 49.4 Å². The summed E-state index contributed by atoms with van der Waals surface area (Å²) in [6.07, 6.45) is 0.939. The molecular formula is C31H33N3O4S. The molecular weight excluding hydrogens is 510 g/mol. The van der Waals surface area contributed by atoms with E-state index in [4.69, 9.17) is 14.2 Å². The highest BCUT2D eigenvalue weighted by atomic mass is 32.1. The Morgan fingerprint density at radius 3 is 2.44 bits per heavy atom. The number of carbonyl (C=O) groups excluding carboxylic acids is 1. The smallest absolute Gasteiger partial charge is 0.270 e. The lowest BCUT2D eigenvalue weighted by atomic mass is 9.88. The van der Waals surface area contributed by atoms with E-state index in [1.807, 2.05) is 11.4 Å². The van der Waals surface area contributed by atoms with Gasteiger partial charge in [0.25, 0.3) is 5.91 Å². The average molecular weight is 544 g/mol. The largest absolute Gasteiger partial charge is 0.454 e. The number of thiazole rings is 1. The molecule has 0 fully saturated rings. The second-order valence-corrected chi connectivity index (χ2v) is 10.4. The summed E-state index contributed by atoms with van der Waals surface area (Å²) in [6.45, 7) is 3.39. The van der Waals surface area contributed by atoms with Gasteiger partial charge < -0.3 is 19.5 Å². The van der Waals surface area contributed by atoms with E-state index in [1.54, 1.807) is 7.11 Å². The van der Waals surface area contributed by atoms with Gasteiger partial charge >= 0.3 is 0 Å². The van der Waals surface area contributed by atoms with Crippen molar-refractivity contribution >= 4 is 17.2 Å². The molecule has 2 heterocycles. The Balaban J connectivity index is 1.34. The minimum absolute atomic E-state index is 0.176. The predicted octanol–water partition coefficient (Wildman–Crippen LogP) is 5.47. The zero-order valence-electron chi connectivity index (χ0n) is 22.0. The number of rotatable bonds is 13. The summed E-state index contributed by atoms with van der Waals surface area (Å²) in [5, 5.41) is 5.58. The average Bonchev–Trinajstić information content (AvgIpc) is 3.64. The van der Waals surface area contributed by atoms with Crippen molar-refractivity contribution in [3.8, 4) is 11.5 Å². The lowest BCUT2D eigenvalue weighted by molar-refractivity contribution is 0.0932. The van der Waals surface area contributed by atoms with Gasteiger partial charge in [0, 0.05) is 31.5 Å². The number of methoxy groups -OCH3 is 1. The Bertz CT molecular complexity index is 1310. The van der Waals surface area contributed by atoms with Gasteiger partial charge in [-0.05, 0) is 41.8 Å². The fourth-order valence-corrected chi connectivity index (χ4v) is 5.57. The van der Waals surface area contributed by atoms with Gasteiger partial charge in [-0.2, -0.15) is 0 Å². The number of carbonyl (C=O) groups is 1. The quantitative estimate of drug-likeness (QED) is 0.226. The van der Waals surface area contributed by atoms with Crippen LogP contribution >= 0.6 is 11.3 Å². The molecule has 0 unspecified atom stereocenters. The van der Waals surface area contributed by atoms with Crippen LogP contribution in [0, 0.1) is 0 Å². The lowest BCUT2D eigenvalue weighted by Gasteiger charge is -2.25. The number of nitrogens with zero attached hydrogens (tertiary/aromatic N) is 2. The second-order valence-electron chi connectivity index (χ2n) is 9.44. The summed E-state index contributed by atoms with van der Waals surface area (Å²) in [5.41, 5.74) is 4.19. The third-order valence-corrected chi connectivity index (χ3v) is 7.55. The van der Waals surface area contributed by atoms with E-state index in [0.717, 1.165) is 41.6 Å². The number of amides is 1. The predicted molar refractivity (Wildman–Crippen MR) is 152 cm³/mol. The number of fused-ring (bicyclic) bond motifs is 1. The molecule has 0 spiro atoms. The second kappa shape index (κ2) is 13.4. The Labute approximate surface area is 233 Å². The maximum absolute atomic E-state index is 12.5. The fourth-order valence-electron chi connectivity index (χ4n) is 4.76. The molecule has 0 atom stereocenters. The van der Waals surface area contributed by atoms with Gasteiger partial charge in [0.05, 0.1) is 13.2 Å². The fraction of sp³-hybridized carbons (Fsp3) is 0.290. The molecule has 0 radical (unpaired) electrons. The van der Waals surface area contributed by atoms with E-state index in [2.05, 4.69) is 88.0 Å². The van der Waals surface area contributed by atoms with Crippen molar-refractivity contribution in [1.82, 2.24) is 15.2 Å². The third-order valence-electron chi connectivity index (χ3n) is 6.72. The summed E-state index contributed by atoms with van der Waals surface area (Å²) in [7, 11) is 1.61. The topological polar surface area (TPSA) is 72.9 Å². The van der Waals surface area contributed by atoms with Gasteiger partial charge in [-0.3, -0.25) is 9.69 Å². The minimum atomic E-state index is -0.176. The highest BCUT2D eigenvalue weighted by Crippen LogP contribution is 2.33. The highest BCUT2D eigenvalue weighted by molar-refractivity contribution is 7.09. The van der Waals surface area contributed by atoms with Gasteiger partial charge in [0.2, 0.25) is 6.79 Å². The van der Waals surface area contributed by atoms with Crippen molar-refractivity contribution in [2.24, 2.45) is 0 Å². The number of hydrogen-bond donors (Lipinski definition) is 1. The molecule has 1 aromatic heterocycles. The normalized spacial score (nSPS) is 12.3. The highest BCUT2D eigenvalue weighted by Gasteiger charge is 2.20. The Kier molecular flexibility index (Phi) is 9.21. The molecule has 0 saturated carbocycles. The number of ether oxygens (including phenoxy) is 3. The molecule has 0 saturated heterocycles. The van der Waals surface area contributed by atoms with E-state index in [9.17, 15) is 4.79 Å². The maximum atomic E-state index is 12.5. The summed E-state index contributed by atoms with van der Waals surface area (Å²) in [4.78, 5) is 19.5. The molecule has 39 heavy (non-hydrogen) atoms. The molecule has 1 aliphatic heterocycles. The summed E-state index contributed by atoms with van der Waals surface area (Å²) < 4.78 is 16.1. The molecule has 1 amide bonds. The monoisotopic (exact) mass is 543 g/mol. The van der Waals surface area contributed by atoms with Gasteiger partial charge in [0.15, 0.2) is 11.5 Å². The first kappa shape index (κ1) is 26.9. The minimum Gasteiger partial charge on any atom is -0.454 e. The molecule has 0 bridgehead atoms. The Hall–Kier alpha value is -3.72. The van der Waals surface area contributed by atoms with Crippen molar-refractivity contribution in [1.29, 1.82) is 0 Å². The molecule has 5 rings (SSSR count). The molecule has 8 heteroatoms. The first-order chi connectivity index (χ1) is 19.2. The van der Waals surface area contributed by atoms with Crippen LogP contribution in [0.5, 0.6) is 11.5 Å². The summed E-state index contributed by atoms with van der Waals surface area (Å²) >= 11 is 1.51. The van der Waals surface area contributed by atoms with E-state index in [-0.39, 0.29) is 18.6 Å². The van der Waals surface area contributed by atoms with Crippen molar-refractivity contribution in [3.05, 3.63) is 112 Å². The van der Waals surface area contributed by atoms with Gasteiger partial charge in [-0.1, -0.05) is 66.7 Å². The van der Waals surface area contributed by atoms with E-state index < -0.39 is 0 Å². The van der Waals surface area contributed by atoms with Crippen molar-refractivity contribution in [2.75, 3.05) is 33.6 Å². The van der Waals surface area contributed by atoms with Gasteiger partial charge in [-0.15, -0.1) is 11.3 Å². The zero-order chi connectivity index (χ0) is 26.9. The van der Waals surface area contributed by atoms with Crippen LogP contribution in [0.15, 0.2) is 84.2 Å². The maximum Gasteiger partial charge on any atom is 0.270 e. The van der Waals surface area contributed by atoms with Crippen LogP contribution in [0.25, 0.3) is 0 Å². The number of hydrogen-bond acceptors (Lipinski definition) is 7. The first-order valence-electron chi connectivity index (χ1n) is 13.1. The Morgan fingerprint density at radius 2 is 1.72 bits per heavy atom. The van der Waals surface area contributed by atoms with E-state index >= 15 is 0 Å². The lowest BCUT2D eigenvalue weighted by Crippen LogP contribution is -2.28. The SMILES string of the molecule is COCCNC(=O)c1csc(CN(CCC(c2ccccc2)c2ccccc2)Cc2ccc3c(c2)OCO3)n1. The van der Waals surface area contributed by atoms with Crippen LogP contribution in [0.3, 0.4) is 0 Å². The van der Waals surface area contributed by atoms with Crippen molar-refractivity contribution in [3.63, 3.8) is 0 Å². The van der Waals surface area contributed by atoms with E-state index in [1.165, 1.54) is 22.5 Å². The van der Waals surface area contributed by atoms with Crippen LogP contribution in [0.4, 0.5) is 0 Å². The van der Waals surface area contributed by atoms with Crippen LogP contribution in [0.2, 0.25) is 0 Å². The molecule has 202 valence electrons. The zero-order valence-corrected chi connectivity index (χ0v) is 22.9. The number of aromatic nitrogens is 1. The van der Waals surface area contributed by atoms with Crippen molar-refractivity contribution < 1.29 is 19.0 Å². The third kappa shape index (κ3) is 7.23. The molecule has 0 aliphatic carbocycles. The molecule has 1 aliphatic rings. The molecule has 4 aromatic rings. The van der Waals surface area contributed by atoms with E-state index in [0.29, 0.717) is 25.4 Å². The van der Waals surface area contributed by atoms with Crippen LogP contribution in [-0.2, 0) is 17.8 Å². The van der Waals surface area contributed by atoms with Crippen LogP contribution in [0.1, 0.15) is 44.5 Å². The van der Waals surface area contributed by atoms with Gasteiger partial charge in [-0.25, -0.2) is 4.98 Å². The first-order valence-corrected chi connectivity index (χ1v) is 14.0. The molecule has 7 nitrogen and oxygen atoms in total. The van der Waals surface area contributed by atoms with Crippen LogP contribution < -0.4 is 14.8 Å². The Morgan fingerprint density at radius 1 is 1.00 bits per heavy atom.